The molecule has 0 bridgehead atoms. The number of hydrogen-bond donors (Lipinski definition) is 2. The number of aromatic amines is 1. The fourth-order valence-corrected chi connectivity index (χ4v) is 3.07. The maximum atomic E-state index is 12.5. The Kier molecular flexibility index (Phi) is 4.25. The molecule has 4 rings (SSSR count). The first kappa shape index (κ1) is 15.9. The number of amides is 1. The van der Waals surface area contributed by atoms with E-state index in [1.165, 1.54) is 0 Å². The zero-order valence-electron chi connectivity index (χ0n) is 13.3. The van der Waals surface area contributed by atoms with Crippen molar-refractivity contribution in [3.63, 3.8) is 0 Å². The fraction of sp³-hybridized carbons (Fsp3) is 0.235. The maximum absolute atomic E-state index is 12.5. The summed E-state index contributed by atoms with van der Waals surface area (Å²) in [6, 6.07) is 7.19. The van der Waals surface area contributed by atoms with Crippen LogP contribution in [0.1, 0.15) is 10.4 Å². The van der Waals surface area contributed by atoms with Crippen LogP contribution in [0.25, 0.3) is 10.9 Å². The van der Waals surface area contributed by atoms with Crippen LogP contribution >= 0.6 is 11.6 Å². The van der Waals surface area contributed by atoms with Crippen LogP contribution in [-0.2, 0) is 4.74 Å². The molecule has 128 valence electrons. The van der Waals surface area contributed by atoms with Crippen LogP contribution in [0.15, 0.2) is 36.7 Å². The quantitative estimate of drug-likeness (QED) is 0.753. The van der Waals surface area contributed by atoms with E-state index >= 15 is 0 Å². The van der Waals surface area contributed by atoms with Gasteiger partial charge in [-0.1, -0.05) is 11.6 Å². The van der Waals surface area contributed by atoms with Gasteiger partial charge in [0.2, 0.25) is 0 Å². The molecule has 8 heteroatoms. The molecule has 2 aromatic heterocycles. The van der Waals surface area contributed by atoms with Gasteiger partial charge in [0.1, 0.15) is 5.82 Å². The lowest BCUT2D eigenvalue weighted by molar-refractivity contribution is 0.102. The number of H-pyrrole nitrogens is 1. The van der Waals surface area contributed by atoms with Gasteiger partial charge in [0.15, 0.2) is 0 Å². The topological polar surface area (TPSA) is 83.1 Å². The summed E-state index contributed by atoms with van der Waals surface area (Å²) in [5.41, 5.74) is 1.94. The number of nitrogens with zero attached hydrogens (tertiary/aromatic N) is 3. The predicted molar refractivity (Wildman–Crippen MR) is 96.3 cm³/mol. The number of ether oxygens (including phenoxy) is 1. The number of anilines is 2. The second-order valence-electron chi connectivity index (χ2n) is 5.75. The summed E-state index contributed by atoms with van der Waals surface area (Å²) >= 11 is 6.33. The summed E-state index contributed by atoms with van der Waals surface area (Å²) in [4.78, 5) is 18.9. The van der Waals surface area contributed by atoms with Gasteiger partial charge in [0, 0.05) is 30.4 Å². The van der Waals surface area contributed by atoms with Gasteiger partial charge in [-0.2, -0.15) is 5.10 Å². The average Bonchev–Trinajstić information content (AvgIpc) is 3.10. The van der Waals surface area contributed by atoms with Crippen LogP contribution in [0.3, 0.4) is 0 Å². The molecule has 3 heterocycles. The third-order valence-corrected chi connectivity index (χ3v) is 4.37. The largest absolute Gasteiger partial charge is 0.378 e. The molecule has 0 unspecified atom stereocenters. The lowest BCUT2D eigenvalue weighted by Gasteiger charge is -2.28. The molecule has 0 atom stereocenters. The van der Waals surface area contributed by atoms with Crippen molar-refractivity contribution in [1.29, 1.82) is 0 Å². The molecule has 0 radical (unpaired) electrons. The molecule has 1 aromatic carbocycles. The Morgan fingerprint density at radius 3 is 2.88 bits per heavy atom. The van der Waals surface area contributed by atoms with Crippen LogP contribution in [0, 0.1) is 0 Å². The number of aromatic nitrogens is 3. The van der Waals surface area contributed by atoms with E-state index in [9.17, 15) is 4.79 Å². The first-order chi connectivity index (χ1) is 12.2. The van der Waals surface area contributed by atoms with Gasteiger partial charge in [-0.3, -0.25) is 9.89 Å². The average molecular weight is 358 g/mol. The minimum absolute atomic E-state index is 0.262. The van der Waals surface area contributed by atoms with Gasteiger partial charge in [-0.05, 0) is 24.3 Å². The SMILES string of the molecule is O=C(Nc1ccc2cn[nH]c2c1)c1cnc(N2CCOCC2)c(Cl)c1. The standard InChI is InChI=1S/C17H16ClN5O2/c18-14-7-12(9-19-16(14)23-3-5-25-6-4-23)17(24)21-13-2-1-11-10-20-22-15(11)8-13/h1-2,7-10H,3-6H2,(H,20,22)(H,21,24). The van der Waals surface area contributed by atoms with E-state index < -0.39 is 0 Å². The van der Waals surface area contributed by atoms with E-state index in [0.717, 1.165) is 24.0 Å². The Balaban J connectivity index is 1.52. The van der Waals surface area contributed by atoms with E-state index in [2.05, 4.69) is 25.4 Å². The van der Waals surface area contributed by atoms with Gasteiger partial charge in [-0.15, -0.1) is 0 Å². The Labute approximate surface area is 148 Å². The van der Waals surface area contributed by atoms with Crippen molar-refractivity contribution < 1.29 is 9.53 Å². The third kappa shape index (κ3) is 3.29. The van der Waals surface area contributed by atoms with E-state index in [1.807, 2.05) is 18.2 Å². The summed E-state index contributed by atoms with van der Waals surface area (Å²) in [6.07, 6.45) is 3.27. The van der Waals surface area contributed by atoms with Gasteiger partial charge < -0.3 is 15.0 Å². The highest BCUT2D eigenvalue weighted by Crippen LogP contribution is 2.25. The Morgan fingerprint density at radius 2 is 2.08 bits per heavy atom. The second-order valence-corrected chi connectivity index (χ2v) is 6.16. The number of benzene rings is 1. The summed E-state index contributed by atoms with van der Waals surface area (Å²) in [6.45, 7) is 2.78. The van der Waals surface area contributed by atoms with Crippen molar-refractivity contribution in [1.82, 2.24) is 15.2 Å². The number of nitrogens with one attached hydrogen (secondary N) is 2. The number of pyridine rings is 1. The predicted octanol–water partition coefficient (Wildman–Crippen LogP) is 2.70. The number of rotatable bonds is 3. The van der Waals surface area contributed by atoms with Gasteiger partial charge >= 0.3 is 0 Å². The van der Waals surface area contributed by atoms with E-state index in [0.29, 0.717) is 35.3 Å². The van der Waals surface area contributed by atoms with E-state index in [-0.39, 0.29) is 5.91 Å². The zero-order valence-corrected chi connectivity index (χ0v) is 14.1. The highest BCUT2D eigenvalue weighted by Gasteiger charge is 2.17. The van der Waals surface area contributed by atoms with Gasteiger partial charge in [0.25, 0.3) is 5.91 Å². The molecule has 1 aliphatic heterocycles. The molecule has 1 saturated heterocycles. The summed E-state index contributed by atoms with van der Waals surface area (Å²) in [7, 11) is 0. The molecule has 1 aliphatic rings. The fourth-order valence-electron chi connectivity index (χ4n) is 2.78. The van der Waals surface area contributed by atoms with Crippen molar-refractivity contribution in [3.8, 4) is 0 Å². The molecule has 3 aromatic rings. The molecule has 0 saturated carbocycles. The summed E-state index contributed by atoms with van der Waals surface area (Å²) in [5, 5.41) is 11.1. The third-order valence-electron chi connectivity index (χ3n) is 4.09. The van der Waals surface area contributed by atoms with Crippen LogP contribution in [0.5, 0.6) is 0 Å². The van der Waals surface area contributed by atoms with Crippen molar-refractivity contribution in [2.45, 2.75) is 0 Å². The molecule has 7 nitrogen and oxygen atoms in total. The molecule has 0 spiro atoms. The van der Waals surface area contributed by atoms with Crippen LogP contribution in [0.2, 0.25) is 5.02 Å². The van der Waals surface area contributed by atoms with E-state index in [1.54, 1.807) is 18.5 Å². The second kappa shape index (κ2) is 6.70. The smallest absolute Gasteiger partial charge is 0.257 e. The number of hydrogen-bond acceptors (Lipinski definition) is 5. The molecule has 1 fully saturated rings. The lowest BCUT2D eigenvalue weighted by atomic mass is 10.2. The number of carbonyl (C=O) groups is 1. The van der Waals surface area contributed by atoms with Crippen molar-refractivity contribution in [2.24, 2.45) is 0 Å². The molecule has 1 amide bonds. The monoisotopic (exact) mass is 357 g/mol. The molecular weight excluding hydrogens is 342 g/mol. The minimum atomic E-state index is -0.262. The van der Waals surface area contributed by atoms with Gasteiger partial charge in [-0.25, -0.2) is 4.98 Å². The first-order valence-corrected chi connectivity index (χ1v) is 8.31. The normalized spacial score (nSPS) is 14.7. The van der Waals surface area contributed by atoms with Crippen molar-refractivity contribution in [3.05, 3.63) is 47.2 Å². The highest BCUT2D eigenvalue weighted by atomic mass is 35.5. The maximum Gasteiger partial charge on any atom is 0.257 e. The molecule has 2 N–H and O–H groups in total. The molecular formula is C17H16ClN5O2. The number of halogens is 1. The minimum Gasteiger partial charge on any atom is -0.378 e. The van der Waals surface area contributed by atoms with Crippen LogP contribution in [-0.4, -0.2) is 47.4 Å². The van der Waals surface area contributed by atoms with Gasteiger partial charge in [0.05, 0.1) is 35.5 Å². The Hall–Kier alpha value is -2.64. The number of morpholine rings is 1. The zero-order chi connectivity index (χ0) is 17.2. The molecule has 0 aliphatic carbocycles. The number of fused-ring (bicyclic) bond motifs is 1. The van der Waals surface area contributed by atoms with Crippen LogP contribution < -0.4 is 10.2 Å². The summed E-state index contributed by atoms with van der Waals surface area (Å²) < 4.78 is 5.33. The lowest BCUT2D eigenvalue weighted by Crippen LogP contribution is -2.37. The number of carbonyl (C=O) groups excluding carboxylic acids is 1. The van der Waals surface area contributed by atoms with Crippen molar-refractivity contribution >= 4 is 39.9 Å². The Morgan fingerprint density at radius 1 is 1.24 bits per heavy atom. The van der Waals surface area contributed by atoms with Crippen LogP contribution in [0.4, 0.5) is 11.5 Å². The molecule has 25 heavy (non-hydrogen) atoms. The highest BCUT2D eigenvalue weighted by molar-refractivity contribution is 6.33. The van der Waals surface area contributed by atoms with Crippen molar-refractivity contribution in [2.75, 3.05) is 36.5 Å². The Bertz CT molecular complexity index is 920. The van der Waals surface area contributed by atoms with E-state index in [4.69, 9.17) is 16.3 Å². The first-order valence-electron chi connectivity index (χ1n) is 7.93. The summed E-state index contributed by atoms with van der Waals surface area (Å²) in [5.74, 6) is 0.419.